The van der Waals surface area contributed by atoms with Crippen molar-refractivity contribution in [3.63, 3.8) is 0 Å². The molecule has 16 heavy (non-hydrogen) atoms. The highest BCUT2D eigenvalue weighted by Crippen LogP contribution is 2.29. The number of nitrogens with one attached hydrogen (secondary N) is 1. The average molecular weight is 239 g/mol. The van der Waals surface area contributed by atoms with Crippen molar-refractivity contribution in [2.45, 2.75) is 26.3 Å². The molecule has 0 atom stereocenters. The average Bonchev–Trinajstić information content (AvgIpc) is 2.22. The number of piperazine rings is 1. The zero-order chi connectivity index (χ0) is 11.8. The molecular formula is C13H19ClN2. The van der Waals surface area contributed by atoms with Gasteiger partial charge in [0.2, 0.25) is 0 Å². The summed E-state index contributed by atoms with van der Waals surface area (Å²) < 4.78 is 0. The molecule has 0 bridgehead atoms. The Morgan fingerprint density at radius 1 is 1.38 bits per heavy atom. The van der Waals surface area contributed by atoms with E-state index in [1.54, 1.807) is 0 Å². The number of anilines is 1. The van der Waals surface area contributed by atoms with E-state index in [0.29, 0.717) is 0 Å². The molecule has 0 spiro atoms. The van der Waals surface area contributed by atoms with E-state index in [-0.39, 0.29) is 5.54 Å². The summed E-state index contributed by atoms with van der Waals surface area (Å²) in [6.45, 7) is 9.63. The fourth-order valence-corrected chi connectivity index (χ4v) is 2.39. The number of nitrogens with zero attached hydrogens (tertiary/aromatic N) is 1. The molecule has 0 radical (unpaired) electrons. The lowest BCUT2D eigenvalue weighted by Crippen LogP contribution is -2.58. The summed E-state index contributed by atoms with van der Waals surface area (Å²) in [6.07, 6.45) is 0. The highest BCUT2D eigenvalue weighted by molar-refractivity contribution is 6.31. The molecule has 2 nitrogen and oxygen atoms in total. The van der Waals surface area contributed by atoms with E-state index in [9.17, 15) is 0 Å². The van der Waals surface area contributed by atoms with Gasteiger partial charge in [0.1, 0.15) is 0 Å². The molecule has 1 N–H and O–H groups in total. The fourth-order valence-electron chi connectivity index (χ4n) is 2.21. The summed E-state index contributed by atoms with van der Waals surface area (Å²) >= 11 is 6.18. The lowest BCUT2D eigenvalue weighted by Gasteiger charge is -2.44. The van der Waals surface area contributed by atoms with Crippen molar-refractivity contribution in [2.75, 3.05) is 24.5 Å². The minimum Gasteiger partial charge on any atom is -0.364 e. The molecule has 1 aliphatic rings. The van der Waals surface area contributed by atoms with Crippen molar-refractivity contribution in [2.24, 2.45) is 0 Å². The first-order chi connectivity index (χ1) is 7.50. The van der Waals surface area contributed by atoms with Gasteiger partial charge >= 0.3 is 0 Å². The van der Waals surface area contributed by atoms with Crippen molar-refractivity contribution in [3.05, 3.63) is 28.8 Å². The molecule has 1 aromatic rings. The predicted molar refractivity (Wildman–Crippen MR) is 70.5 cm³/mol. The molecule has 2 rings (SSSR count). The van der Waals surface area contributed by atoms with Crippen LogP contribution in [-0.4, -0.2) is 25.2 Å². The maximum Gasteiger partial charge on any atom is 0.0470 e. The van der Waals surface area contributed by atoms with E-state index in [1.165, 1.54) is 5.69 Å². The molecule has 88 valence electrons. The normalized spacial score (nSPS) is 19.9. The molecule has 1 aromatic carbocycles. The smallest absolute Gasteiger partial charge is 0.0470 e. The van der Waals surface area contributed by atoms with Gasteiger partial charge in [-0.2, -0.15) is 0 Å². The number of rotatable bonds is 1. The lowest BCUT2D eigenvalue weighted by molar-refractivity contribution is 0.380. The molecule has 1 heterocycles. The Hall–Kier alpha value is -0.730. The van der Waals surface area contributed by atoms with E-state index in [2.05, 4.69) is 42.3 Å². The maximum atomic E-state index is 6.18. The Morgan fingerprint density at radius 2 is 2.12 bits per heavy atom. The van der Waals surface area contributed by atoms with Crippen LogP contribution in [0.25, 0.3) is 0 Å². The van der Waals surface area contributed by atoms with Gasteiger partial charge in [-0.05, 0) is 38.5 Å². The Morgan fingerprint density at radius 3 is 2.75 bits per heavy atom. The van der Waals surface area contributed by atoms with Crippen molar-refractivity contribution < 1.29 is 0 Å². The van der Waals surface area contributed by atoms with Crippen LogP contribution in [0.4, 0.5) is 5.69 Å². The predicted octanol–water partition coefficient (Wildman–Crippen LogP) is 2.84. The fraction of sp³-hybridized carbons (Fsp3) is 0.538. The van der Waals surface area contributed by atoms with Crippen LogP contribution in [0.1, 0.15) is 19.4 Å². The van der Waals surface area contributed by atoms with Crippen molar-refractivity contribution in [1.29, 1.82) is 0 Å². The molecule has 0 unspecified atom stereocenters. The van der Waals surface area contributed by atoms with Gasteiger partial charge in [-0.1, -0.05) is 17.7 Å². The second-order valence-corrected chi connectivity index (χ2v) is 5.48. The van der Waals surface area contributed by atoms with Gasteiger partial charge in [-0.25, -0.2) is 0 Å². The van der Waals surface area contributed by atoms with Crippen LogP contribution >= 0.6 is 11.6 Å². The van der Waals surface area contributed by atoms with Crippen LogP contribution in [-0.2, 0) is 0 Å². The summed E-state index contributed by atoms with van der Waals surface area (Å²) in [5.74, 6) is 0. The summed E-state index contributed by atoms with van der Waals surface area (Å²) in [6, 6.07) is 6.33. The van der Waals surface area contributed by atoms with Crippen LogP contribution < -0.4 is 10.2 Å². The van der Waals surface area contributed by atoms with Crippen molar-refractivity contribution in [3.8, 4) is 0 Å². The molecule has 0 aliphatic carbocycles. The third-order valence-electron chi connectivity index (χ3n) is 3.27. The Balaban J connectivity index is 2.31. The second-order valence-electron chi connectivity index (χ2n) is 5.07. The van der Waals surface area contributed by atoms with E-state index in [4.69, 9.17) is 11.6 Å². The number of aryl methyl sites for hydroxylation is 1. The Bertz CT molecular complexity index is 388. The zero-order valence-electron chi connectivity index (χ0n) is 10.2. The highest BCUT2D eigenvalue weighted by atomic mass is 35.5. The van der Waals surface area contributed by atoms with Gasteiger partial charge in [0.15, 0.2) is 0 Å². The largest absolute Gasteiger partial charge is 0.364 e. The van der Waals surface area contributed by atoms with Gasteiger partial charge in [-0.15, -0.1) is 0 Å². The molecule has 0 aromatic heterocycles. The third kappa shape index (κ3) is 2.18. The molecule has 1 saturated heterocycles. The van der Waals surface area contributed by atoms with Gasteiger partial charge in [0.05, 0.1) is 0 Å². The van der Waals surface area contributed by atoms with Crippen LogP contribution in [0.3, 0.4) is 0 Å². The van der Waals surface area contributed by atoms with Crippen LogP contribution in [0, 0.1) is 6.92 Å². The zero-order valence-corrected chi connectivity index (χ0v) is 10.9. The highest BCUT2D eigenvalue weighted by Gasteiger charge is 2.29. The molecule has 0 amide bonds. The minimum atomic E-state index is 0.150. The van der Waals surface area contributed by atoms with Crippen molar-refractivity contribution in [1.82, 2.24) is 5.32 Å². The standard InChI is InChI=1S/C13H19ClN2/c1-10-4-5-11(8-12(10)14)16-7-6-15-9-13(16,2)3/h4-5,8,15H,6-7,9H2,1-3H3. The van der Waals surface area contributed by atoms with E-state index >= 15 is 0 Å². The topological polar surface area (TPSA) is 15.3 Å². The lowest BCUT2D eigenvalue weighted by atomic mass is 9.99. The van der Waals surface area contributed by atoms with Gasteiger partial charge in [-0.3, -0.25) is 0 Å². The Kier molecular flexibility index (Phi) is 3.13. The summed E-state index contributed by atoms with van der Waals surface area (Å²) in [5, 5.41) is 4.28. The van der Waals surface area contributed by atoms with E-state index in [1.807, 2.05) is 6.92 Å². The number of benzene rings is 1. The number of hydrogen-bond acceptors (Lipinski definition) is 2. The molecule has 1 fully saturated rings. The third-order valence-corrected chi connectivity index (χ3v) is 3.67. The summed E-state index contributed by atoms with van der Waals surface area (Å²) in [4.78, 5) is 2.43. The minimum absolute atomic E-state index is 0.150. The molecule has 0 saturated carbocycles. The van der Waals surface area contributed by atoms with Gasteiger partial charge in [0.25, 0.3) is 0 Å². The molecule has 3 heteroatoms. The summed E-state index contributed by atoms with van der Waals surface area (Å²) in [5.41, 5.74) is 2.51. The van der Waals surface area contributed by atoms with Crippen LogP contribution in [0.2, 0.25) is 5.02 Å². The monoisotopic (exact) mass is 238 g/mol. The first-order valence-corrected chi connectivity index (χ1v) is 6.13. The number of hydrogen-bond donors (Lipinski definition) is 1. The SMILES string of the molecule is Cc1ccc(N2CCNCC2(C)C)cc1Cl. The summed E-state index contributed by atoms with van der Waals surface area (Å²) in [7, 11) is 0. The first-order valence-electron chi connectivity index (χ1n) is 5.75. The van der Waals surface area contributed by atoms with E-state index < -0.39 is 0 Å². The van der Waals surface area contributed by atoms with Crippen molar-refractivity contribution >= 4 is 17.3 Å². The molecular weight excluding hydrogens is 220 g/mol. The Labute approximate surface area is 103 Å². The van der Waals surface area contributed by atoms with E-state index in [0.717, 1.165) is 30.2 Å². The number of halogens is 1. The second kappa shape index (κ2) is 4.27. The quantitative estimate of drug-likeness (QED) is 0.810. The van der Waals surface area contributed by atoms with Gasteiger partial charge < -0.3 is 10.2 Å². The first kappa shape index (κ1) is 11.7. The van der Waals surface area contributed by atoms with Crippen LogP contribution in [0.15, 0.2) is 18.2 Å². The maximum absolute atomic E-state index is 6.18. The molecule has 1 aliphatic heterocycles. The van der Waals surface area contributed by atoms with Crippen LogP contribution in [0.5, 0.6) is 0 Å². The van der Waals surface area contributed by atoms with Gasteiger partial charge in [0, 0.05) is 35.9 Å².